The second kappa shape index (κ2) is 6.71. The molecule has 0 bridgehead atoms. The van der Waals surface area contributed by atoms with E-state index in [4.69, 9.17) is 0 Å². The highest BCUT2D eigenvalue weighted by Crippen LogP contribution is 2.31. The smallest absolute Gasteiger partial charge is 0.236 e. The normalized spacial score (nSPS) is 32.6. The molecule has 1 heterocycles. The summed E-state index contributed by atoms with van der Waals surface area (Å²) < 4.78 is 0. The number of nitrogens with one attached hydrogen (secondary N) is 1. The molecule has 0 aromatic carbocycles. The number of piperazine rings is 1. The van der Waals surface area contributed by atoms with E-state index in [-0.39, 0.29) is 0 Å². The number of hydrogen-bond acceptors (Lipinski definition) is 3. The van der Waals surface area contributed by atoms with Crippen LogP contribution in [0.2, 0.25) is 0 Å². The molecule has 0 aromatic rings. The van der Waals surface area contributed by atoms with E-state index < -0.39 is 0 Å². The molecule has 1 N–H and O–H groups in total. The van der Waals surface area contributed by atoms with Crippen LogP contribution in [0.1, 0.15) is 33.1 Å². The molecule has 4 heteroatoms. The summed E-state index contributed by atoms with van der Waals surface area (Å²) in [4.78, 5) is 16.6. The van der Waals surface area contributed by atoms with Gasteiger partial charge < -0.3 is 10.2 Å². The molecule has 0 spiro atoms. The third kappa shape index (κ3) is 3.93. The largest absolute Gasteiger partial charge is 0.339 e. The summed E-state index contributed by atoms with van der Waals surface area (Å²) >= 11 is 0. The molecule has 0 aromatic heterocycles. The van der Waals surface area contributed by atoms with Crippen molar-refractivity contribution in [2.24, 2.45) is 11.8 Å². The predicted molar refractivity (Wildman–Crippen MR) is 78.0 cm³/mol. The van der Waals surface area contributed by atoms with Crippen molar-refractivity contribution in [1.82, 2.24) is 15.1 Å². The van der Waals surface area contributed by atoms with Crippen molar-refractivity contribution < 1.29 is 4.79 Å². The minimum Gasteiger partial charge on any atom is -0.339 e. The monoisotopic (exact) mass is 267 g/mol. The molecule has 1 saturated heterocycles. The summed E-state index contributed by atoms with van der Waals surface area (Å²) in [7, 11) is 2.12. The van der Waals surface area contributed by atoms with Crippen LogP contribution in [0.5, 0.6) is 0 Å². The van der Waals surface area contributed by atoms with Crippen LogP contribution in [-0.2, 0) is 4.79 Å². The Bertz CT molecular complexity index is 302. The van der Waals surface area contributed by atoms with Gasteiger partial charge in [0.1, 0.15) is 0 Å². The minimum atomic E-state index is 0.301. The fraction of sp³-hybridized carbons (Fsp3) is 0.933. The first-order valence-corrected chi connectivity index (χ1v) is 7.76. The van der Waals surface area contributed by atoms with Crippen LogP contribution in [0.25, 0.3) is 0 Å². The molecular formula is C15H29N3O. The fourth-order valence-electron chi connectivity index (χ4n) is 3.65. The molecule has 2 aliphatic rings. The summed E-state index contributed by atoms with van der Waals surface area (Å²) in [6, 6.07) is 0.586. The van der Waals surface area contributed by atoms with Gasteiger partial charge in [-0.25, -0.2) is 0 Å². The number of nitrogens with zero attached hydrogens (tertiary/aromatic N) is 2. The first kappa shape index (κ1) is 14.8. The van der Waals surface area contributed by atoms with E-state index in [1.54, 1.807) is 0 Å². The van der Waals surface area contributed by atoms with E-state index >= 15 is 0 Å². The van der Waals surface area contributed by atoms with Gasteiger partial charge in [-0.1, -0.05) is 13.8 Å². The van der Waals surface area contributed by atoms with Crippen LogP contribution >= 0.6 is 0 Å². The first-order valence-electron chi connectivity index (χ1n) is 7.76. The number of amides is 1. The number of carbonyl (C=O) groups excluding carboxylic acids is 1. The Balaban J connectivity index is 1.82. The SMILES string of the molecule is CC1CCC(N(C)CC(=O)N2CCNCC2)C(C)C1. The first-order chi connectivity index (χ1) is 9.08. The van der Waals surface area contributed by atoms with Gasteiger partial charge in [0.15, 0.2) is 0 Å². The molecule has 1 amide bonds. The Labute approximate surface area is 117 Å². The van der Waals surface area contributed by atoms with Gasteiger partial charge in [0, 0.05) is 32.2 Å². The Morgan fingerprint density at radius 3 is 2.58 bits per heavy atom. The standard InChI is InChI=1S/C15H29N3O/c1-12-4-5-14(13(2)10-12)17(3)11-15(19)18-8-6-16-7-9-18/h12-14,16H,4-11H2,1-3H3. The minimum absolute atomic E-state index is 0.301. The number of rotatable bonds is 3. The fourth-order valence-corrected chi connectivity index (χ4v) is 3.65. The summed E-state index contributed by atoms with van der Waals surface area (Å²) in [5.74, 6) is 1.86. The van der Waals surface area contributed by atoms with Crippen molar-refractivity contribution >= 4 is 5.91 Å². The molecule has 1 aliphatic carbocycles. The molecule has 3 unspecified atom stereocenters. The summed E-state index contributed by atoms with van der Waals surface area (Å²) in [5, 5.41) is 3.29. The Morgan fingerprint density at radius 2 is 1.95 bits per heavy atom. The van der Waals surface area contributed by atoms with Gasteiger partial charge in [0.05, 0.1) is 6.54 Å². The lowest BCUT2D eigenvalue weighted by atomic mass is 9.79. The van der Waals surface area contributed by atoms with Gasteiger partial charge in [0.25, 0.3) is 0 Å². The zero-order chi connectivity index (χ0) is 13.8. The van der Waals surface area contributed by atoms with Crippen molar-refractivity contribution in [3.05, 3.63) is 0 Å². The van der Waals surface area contributed by atoms with E-state index in [0.29, 0.717) is 24.4 Å². The van der Waals surface area contributed by atoms with E-state index in [1.165, 1.54) is 19.3 Å². The van der Waals surface area contributed by atoms with Crippen LogP contribution in [0.15, 0.2) is 0 Å². The maximum absolute atomic E-state index is 12.3. The molecule has 0 radical (unpaired) electrons. The Hall–Kier alpha value is -0.610. The van der Waals surface area contributed by atoms with E-state index in [9.17, 15) is 4.79 Å². The van der Waals surface area contributed by atoms with Crippen molar-refractivity contribution in [2.75, 3.05) is 39.8 Å². The molecule has 110 valence electrons. The quantitative estimate of drug-likeness (QED) is 0.834. The molecule has 2 rings (SSSR count). The average Bonchev–Trinajstić information content (AvgIpc) is 2.39. The van der Waals surface area contributed by atoms with Crippen LogP contribution in [-0.4, -0.2) is 61.5 Å². The van der Waals surface area contributed by atoms with Gasteiger partial charge in [-0.05, 0) is 38.1 Å². The maximum atomic E-state index is 12.3. The van der Waals surface area contributed by atoms with Crippen molar-refractivity contribution in [3.63, 3.8) is 0 Å². The Kier molecular flexibility index (Phi) is 5.22. The highest BCUT2D eigenvalue weighted by Gasteiger charge is 2.29. The van der Waals surface area contributed by atoms with Crippen LogP contribution in [0.3, 0.4) is 0 Å². The number of hydrogen-bond donors (Lipinski definition) is 1. The Morgan fingerprint density at radius 1 is 1.26 bits per heavy atom. The third-order valence-corrected chi connectivity index (χ3v) is 4.81. The van der Waals surface area contributed by atoms with E-state index in [1.807, 2.05) is 4.90 Å². The van der Waals surface area contributed by atoms with Crippen molar-refractivity contribution in [2.45, 2.75) is 39.2 Å². The second-order valence-electron chi connectivity index (χ2n) is 6.51. The highest BCUT2D eigenvalue weighted by atomic mass is 16.2. The molecule has 3 atom stereocenters. The number of likely N-dealkylation sites (N-methyl/N-ethyl adjacent to an activating group) is 1. The summed E-state index contributed by atoms with van der Waals surface area (Å²) in [6.45, 7) is 8.88. The highest BCUT2D eigenvalue weighted by molar-refractivity contribution is 5.78. The van der Waals surface area contributed by atoms with Crippen LogP contribution in [0, 0.1) is 11.8 Å². The molecule has 1 saturated carbocycles. The van der Waals surface area contributed by atoms with Crippen molar-refractivity contribution in [1.29, 1.82) is 0 Å². The lowest BCUT2D eigenvalue weighted by molar-refractivity contribution is -0.133. The van der Waals surface area contributed by atoms with E-state index in [0.717, 1.165) is 32.1 Å². The lowest BCUT2D eigenvalue weighted by Gasteiger charge is -2.39. The van der Waals surface area contributed by atoms with Gasteiger partial charge in [-0.15, -0.1) is 0 Å². The average molecular weight is 267 g/mol. The lowest BCUT2D eigenvalue weighted by Crippen LogP contribution is -2.51. The maximum Gasteiger partial charge on any atom is 0.236 e. The molecule has 2 fully saturated rings. The van der Waals surface area contributed by atoms with Gasteiger partial charge in [-0.2, -0.15) is 0 Å². The molecule has 19 heavy (non-hydrogen) atoms. The predicted octanol–water partition coefficient (Wildman–Crippen LogP) is 1.17. The number of carbonyl (C=O) groups is 1. The van der Waals surface area contributed by atoms with E-state index in [2.05, 4.69) is 31.1 Å². The molecule has 4 nitrogen and oxygen atoms in total. The van der Waals surface area contributed by atoms with Crippen LogP contribution < -0.4 is 5.32 Å². The summed E-state index contributed by atoms with van der Waals surface area (Å²) in [5.41, 5.74) is 0. The van der Waals surface area contributed by atoms with Gasteiger partial charge >= 0.3 is 0 Å². The second-order valence-corrected chi connectivity index (χ2v) is 6.51. The van der Waals surface area contributed by atoms with Crippen LogP contribution in [0.4, 0.5) is 0 Å². The van der Waals surface area contributed by atoms with Gasteiger partial charge in [-0.3, -0.25) is 9.69 Å². The van der Waals surface area contributed by atoms with Gasteiger partial charge in [0.2, 0.25) is 5.91 Å². The third-order valence-electron chi connectivity index (χ3n) is 4.81. The topological polar surface area (TPSA) is 35.6 Å². The molecular weight excluding hydrogens is 238 g/mol. The zero-order valence-electron chi connectivity index (χ0n) is 12.7. The molecule has 1 aliphatic heterocycles. The zero-order valence-corrected chi connectivity index (χ0v) is 12.7. The summed E-state index contributed by atoms with van der Waals surface area (Å²) in [6.07, 6.45) is 3.85. The van der Waals surface area contributed by atoms with Crippen molar-refractivity contribution in [3.8, 4) is 0 Å².